The van der Waals surface area contributed by atoms with Crippen molar-refractivity contribution in [3.05, 3.63) is 0 Å². The number of ether oxygens (including phenoxy) is 1. The van der Waals surface area contributed by atoms with E-state index in [1.165, 1.54) is 6.92 Å². The molecule has 0 saturated carbocycles. The second kappa shape index (κ2) is 8.71. The predicted molar refractivity (Wildman–Crippen MR) is 62.9 cm³/mol. The molecular formula is C10H21AlO5. The molecule has 0 amide bonds. The van der Waals surface area contributed by atoms with Crippen molar-refractivity contribution in [3.63, 3.8) is 0 Å². The number of carbonyl (C=O) groups excluding carboxylic acids is 2. The van der Waals surface area contributed by atoms with Crippen LogP contribution < -0.4 is 0 Å². The SMILES string of the molecule is CC(=O)C(OC(C)C)C(=O)OOC(C)C.[AlH3]. The van der Waals surface area contributed by atoms with Crippen molar-refractivity contribution in [2.45, 2.75) is 52.9 Å². The van der Waals surface area contributed by atoms with Gasteiger partial charge >= 0.3 is 5.97 Å². The number of hydrogen-bond donors (Lipinski definition) is 0. The molecule has 0 aromatic heterocycles. The van der Waals surface area contributed by atoms with Crippen LogP contribution in [0.5, 0.6) is 0 Å². The van der Waals surface area contributed by atoms with E-state index in [0.29, 0.717) is 0 Å². The van der Waals surface area contributed by atoms with Crippen molar-refractivity contribution in [2.75, 3.05) is 0 Å². The molecule has 0 N–H and O–H groups in total. The van der Waals surface area contributed by atoms with Crippen LogP contribution in [0.25, 0.3) is 0 Å². The van der Waals surface area contributed by atoms with Gasteiger partial charge in [0, 0.05) is 0 Å². The molecule has 1 atom stereocenters. The molecule has 94 valence electrons. The highest BCUT2D eigenvalue weighted by molar-refractivity contribution is 6.00. The zero-order valence-corrected chi connectivity index (χ0v) is 9.77. The molecule has 1 unspecified atom stereocenters. The molecule has 0 aromatic rings. The Morgan fingerprint density at radius 2 is 1.50 bits per heavy atom. The first-order valence-electron chi connectivity index (χ1n) is 4.87. The molecule has 0 heterocycles. The normalized spacial score (nSPS) is 12.2. The smallest absolute Gasteiger partial charge is 0.356 e. The second-order valence-electron chi connectivity index (χ2n) is 3.72. The van der Waals surface area contributed by atoms with Crippen LogP contribution in [-0.2, 0) is 24.1 Å². The Balaban J connectivity index is 0. The van der Waals surface area contributed by atoms with Crippen LogP contribution in [0.3, 0.4) is 0 Å². The Hall–Kier alpha value is -0.408. The molecule has 0 saturated heterocycles. The van der Waals surface area contributed by atoms with Gasteiger partial charge in [-0.3, -0.25) is 9.68 Å². The van der Waals surface area contributed by atoms with Crippen LogP contribution in [0.2, 0.25) is 0 Å². The van der Waals surface area contributed by atoms with E-state index in [2.05, 4.69) is 9.78 Å². The molecule has 0 aliphatic carbocycles. The Labute approximate surface area is 106 Å². The second-order valence-corrected chi connectivity index (χ2v) is 3.72. The fourth-order valence-corrected chi connectivity index (χ4v) is 0.777. The van der Waals surface area contributed by atoms with Gasteiger partial charge in [-0.1, -0.05) is 0 Å². The van der Waals surface area contributed by atoms with Crippen LogP contribution in [0.15, 0.2) is 0 Å². The third-order valence-electron chi connectivity index (χ3n) is 1.31. The lowest BCUT2D eigenvalue weighted by molar-refractivity contribution is -0.297. The van der Waals surface area contributed by atoms with Crippen molar-refractivity contribution < 1.29 is 24.1 Å². The maximum Gasteiger partial charge on any atom is 0.378 e. The molecule has 0 rings (SSSR count). The fraction of sp³-hybridized carbons (Fsp3) is 0.800. The minimum Gasteiger partial charge on any atom is -0.356 e. The van der Waals surface area contributed by atoms with Gasteiger partial charge in [-0.25, -0.2) is 4.79 Å². The summed E-state index contributed by atoms with van der Waals surface area (Å²) in [7, 11) is 0. The minimum absolute atomic E-state index is 0. The van der Waals surface area contributed by atoms with Gasteiger partial charge in [0.25, 0.3) is 0 Å². The molecule has 0 aliphatic heterocycles. The van der Waals surface area contributed by atoms with Gasteiger partial charge in [0.2, 0.25) is 6.10 Å². The third kappa shape index (κ3) is 7.83. The summed E-state index contributed by atoms with van der Waals surface area (Å²) in [6, 6.07) is 0. The topological polar surface area (TPSA) is 61.8 Å². The lowest BCUT2D eigenvalue weighted by Crippen LogP contribution is -2.35. The summed E-state index contributed by atoms with van der Waals surface area (Å²) in [6.45, 7) is 8.14. The molecule has 0 radical (unpaired) electrons. The van der Waals surface area contributed by atoms with E-state index in [1.807, 2.05) is 0 Å². The Kier molecular flexibility index (Phi) is 9.78. The van der Waals surface area contributed by atoms with Crippen LogP contribution in [0, 0.1) is 0 Å². The zero-order valence-electron chi connectivity index (χ0n) is 9.77. The highest BCUT2D eigenvalue weighted by Crippen LogP contribution is 2.03. The molecule has 16 heavy (non-hydrogen) atoms. The first-order chi connectivity index (χ1) is 6.84. The van der Waals surface area contributed by atoms with Gasteiger partial charge in [0.15, 0.2) is 23.1 Å². The van der Waals surface area contributed by atoms with E-state index >= 15 is 0 Å². The maximum atomic E-state index is 11.3. The van der Waals surface area contributed by atoms with Gasteiger partial charge in [-0.05, 0) is 34.6 Å². The highest BCUT2D eigenvalue weighted by atomic mass is 27.0. The number of ketones is 1. The average molecular weight is 248 g/mol. The molecule has 0 spiro atoms. The summed E-state index contributed by atoms with van der Waals surface area (Å²) >= 11 is 0. The predicted octanol–water partition coefficient (Wildman–Crippen LogP) is 0.0683. The van der Waals surface area contributed by atoms with E-state index in [9.17, 15) is 9.59 Å². The Bertz CT molecular complexity index is 227. The van der Waals surface area contributed by atoms with Crippen molar-refractivity contribution in [1.82, 2.24) is 0 Å². The van der Waals surface area contributed by atoms with Crippen LogP contribution in [-0.4, -0.2) is 47.4 Å². The van der Waals surface area contributed by atoms with Gasteiger partial charge in [-0.2, -0.15) is 4.89 Å². The average Bonchev–Trinajstić information content (AvgIpc) is 2.09. The van der Waals surface area contributed by atoms with Crippen molar-refractivity contribution in [1.29, 1.82) is 0 Å². The summed E-state index contributed by atoms with van der Waals surface area (Å²) in [6.07, 6.45) is -1.69. The molecule has 0 aromatic carbocycles. The van der Waals surface area contributed by atoms with E-state index in [4.69, 9.17) is 4.74 Å². The van der Waals surface area contributed by atoms with Crippen LogP contribution in [0.1, 0.15) is 34.6 Å². The largest absolute Gasteiger partial charge is 0.378 e. The maximum absolute atomic E-state index is 11.3. The Morgan fingerprint density at radius 1 is 1.00 bits per heavy atom. The van der Waals surface area contributed by atoms with Crippen molar-refractivity contribution in [2.24, 2.45) is 0 Å². The summed E-state index contributed by atoms with van der Waals surface area (Å²) in [5, 5.41) is 0. The molecule has 0 fully saturated rings. The fourth-order valence-electron chi connectivity index (χ4n) is 0.777. The summed E-state index contributed by atoms with van der Waals surface area (Å²) < 4.78 is 5.10. The van der Waals surface area contributed by atoms with Gasteiger partial charge in [0.05, 0.1) is 12.2 Å². The lowest BCUT2D eigenvalue weighted by Gasteiger charge is -2.16. The van der Waals surface area contributed by atoms with E-state index in [-0.39, 0.29) is 29.6 Å². The minimum atomic E-state index is -1.20. The zero-order chi connectivity index (χ0) is 12.0. The first kappa shape index (κ1) is 18.0. The summed E-state index contributed by atoms with van der Waals surface area (Å²) in [5.74, 6) is -1.22. The lowest BCUT2D eigenvalue weighted by atomic mass is 10.2. The molecule has 5 nitrogen and oxygen atoms in total. The number of hydrogen-bond acceptors (Lipinski definition) is 5. The monoisotopic (exact) mass is 248 g/mol. The van der Waals surface area contributed by atoms with Gasteiger partial charge in [0.1, 0.15) is 0 Å². The molecule has 0 aliphatic rings. The number of carbonyl (C=O) groups is 2. The van der Waals surface area contributed by atoms with Gasteiger partial charge < -0.3 is 4.74 Å². The first-order valence-corrected chi connectivity index (χ1v) is 4.87. The third-order valence-corrected chi connectivity index (χ3v) is 1.31. The molecule has 6 heteroatoms. The van der Waals surface area contributed by atoms with Gasteiger partial charge in [-0.15, -0.1) is 0 Å². The van der Waals surface area contributed by atoms with E-state index in [1.54, 1.807) is 27.7 Å². The standard InChI is InChI=1S/C10H18O5.Al.3H/c1-6(2)13-9(8(5)11)10(12)15-14-7(3)4;;;;/h6-7,9H,1-5H3;;;;. The van der Waals surface area contributed by atoms with Crippen LogP contribution >= 0.6 is 0 Å². The van der Waals surface area contributed by atoms with Crippen molar-refractivity contribution >= 4 is 29.1 Å². The van der Waals surface area contributed by atoms with Crippen molar-refractivity contribution in [3.8, 4) is 0 Å². The Morgan fingerprint density at radius 3 is 1.81 bits per heavy atom. The number of rotatable bonds is 6. The van der Waals surface area contributed by atoms with Crippen LogP contribution in [0.4, 0.5) is 0 Å². The summed E-state index contributed by atoms with van der Waals surface area (Å²) in [5.41, 5.74) is 0. The van der Waals surface area contributed by atoms with E-state index in [0.717, 1.165) is 0 Å². The highest BCUT2D eigenvalue weighted by Gasteiger charge is 2.28. The van der Waals surface area contributed by atoms with E-state index < -0.39 is 17.9 Å². The number of Topliss-reactive ketones (excluding diaryl/α,β-unsaturated/α-hetero) is 1. The molecular weight excluding hydrogens is 227 g/mol. The summed E-state index contributed by atoms with van der Waals surface area (Å²) in [4.78, 5) is 31.5. The molecule has 0 bridgehead atoms. The quantitative estimate of drug-likeness (QED) is 0.288.